The smallest absolute Gasteiger partial charge is 0.271 e. The van der Waals surface area contributed by atoms with Crippen molar-refractivity contribution in [2.75, 3.05) is 18.4 Å². The first kappa shape index (κ1) is 20.1. The number of hydrogen-bond donors (Lipinski definition) is 2. The predicted molar refractivity (Wildman–Crippen MR) is 105 cm³/mol. The van der Waals surface area contributed by atoms with E-state index >= 15 is 0 Å². The molecule has 0 bridgehead atoms. The molecule has 7 nitrogen and oxygen atoms in total. The van der Waals surface area contributed by atoms with Gasteiger partial charge >= 0.3 is 0 Å². The number of hydrogen-bond acceptors (Lipinski definition) is 5. The van der Waals surface area contributed by atoms with Crippen LogP contribution in [0.1, 0.15) is 35.7 Å². The van der Waals surface area contributed by atoms with E-state index in [9.17, 15) is 9.59 Å². The van der Waals surface area contributed by atoms with Crippen LogP contribution in [-0.4, -0.2) is 39.8 Å². The van der Waals surface area contributed by atoms with Gasteiger partial charge in [-0.15, -0.1) is 0 Å². The molecule has 0 unspecified atom stereocenters. The monoisotopic (exact) mass is 367 g/mol. The van der Waals surface area contributed by atoms with Crippen LogP contribution in [0.4, 0.5) is 5.82 Å². The zero-order chi connectivity index (χ0) is 19.8. The number of anilines is 1. The minimum atomic E-state index is -0.348. The van der Waals surface area contributed by atoms with Crippen LogP contribution >= 0.6 is 0 Å². The summed E-state index contributed by atoms with van der Waals surface area (Å²) in [6, 6.07) is 10.5. The van der Waals surface area contributed by atoms with Gasteiger partial charge in [0.15, 0.2) is 0 Å². The van der Waals surface area contributed by atoms with Crippen LogP contribution in [0.3, 0.4) is 0 Å². The molecule has 0 aliphatic carbocycles. The summed E-state index contributed by atoms with van der Waals surface area (Å²) in [5.41, 5.74) is 1.44. The van der Waals surface area contributed by atoms with E-state index in [1.807, 2.05) is 26.8 Å². The quantitative estimate of drug-likeness (QED) is 0.735. The van der Waals surface area contributed by atoms with Crippen molar-refractivity contribution in [1.82, 2.24) is 20.2 Å². The minimum absolute atomic E-state index is 0.154. The van der Waals surface area contributed by atoms with E-state index in [0.717, 1.165) is 5.69 Å². The minimum Gasteiger partial charge on any atom is -0.344 e. The maximum Gasteiger partial charge on any atom is 0.271 e. The van der Waals surface area contributed by atoms with E-state index in [2.05, 4.69) is 20.6 Å². The van der Waals surface area contributed by atoms with Crippen LogP contribution in [0.5, 0.6) is 0 Å². The molecule has 27 heavy (non-hydrogen) atoms. The van der Waals surface area contributed by atoms with E-state index < -0.39 is 0 Å². The molecule has 0 saturated heterocycles. The van der Waals surface area contributed by atoms with Crippen LogP contribution in [-0.2, 0) is 4.79 Å². The first-order valence-electron chi connectivity index (χ1n) is 8.89. The second-order valence-electron chi connectivity index (χ2n) is 5.94. The molecular formula is C20H25N5O2. The van der Waals surface area contributed by atoms with Gasteiger partial charge in [-0.1, -0.05) is 18.2 Å². The van der Waals surface area contributed by atoms with Crippen molar-refractivity contribution in [1.29, 1.82) is 0 Å². The summed E-state index contributed by atoms with van der Waals surface area (Å²) in [5, 5.41) is 5.70. The van der Waals surface area contributed by atoms with Crippen molar-refractivity contribution in [2.45, 2.75) is 27.7 Å². The highest BCUT2D eigenvalue weighted by atomic mass is 16.2. The first-order valence-corrected chi connectivity index (χ1v) is 8.89. The van der Waals surface area contributed by atoms with Crippen LogP contribution in [0.15, 0.2) is 48.3 Å². The molecule has 2 rings (SSSR count). The lowest BCUT2D eigenvalue weighted by Crippen LogP contribution is -2.38. The number of aryl methyl sites for hydroxylation is 2. The van der Waals surface area contributed by atoms with E-state index in [0.29, 0.717) is 30.3 Å². The maximum atomic E-state index is 12.8. The third kappa shape index (κ3) is 5.64. The average Bonchev–Trinajstić information content (AvgIpc) is 2.65. The fraction of sp³-hybridized carbons (Fsp3) is 0.300. The molecule has 0 aliphatic rings. The molecule has 1 aromatic carbocycles. The Morgan fingerprint density at radius 1 is 1.07 bits per heavy atom. The Morgan fingerprint density at radius 3 is 2.33 bits per heavy atom. The van der Waals surface area contributed by atoms with Crippen molar-refractivity contribution >= 4 is 17.6 Å². The Kier molecular flexibility index (Phi) is 7.05. The number of likely N-dealkylation sites (N-methyl/N-ethyl adjacent to an activating group) is 1. The van der Waals surface area contributed by atoms with Crippen molar-refractivity contribution in [3.8, 4) is 0 Å². The van der Waals surface area contributed by atoms with Crippen LogP contribution in [0.2, 0.25) is 0 Å². The topological polar surface area (TPSA) is 87.2 Å². The highest BCUT2D eigenvalue weighted by Crippen LogP contribution is 2.08. The fourth-order valence-corrected chi connectivity index (χ4v) is 2.55. The van der Waals surface area contributed by atoms with Gasteiger partial charge in [0.05, 0.1) is 0 Å². The highest BCUT2D eigenvalue weighted by Gasteiger charge is 2.18. The number of carbonyl (C=O) groups excluding carboxylic acids is 2. The Hall–Kier alpha value is -3.22. The number of aromatic nitrogens is 2. The van der Waals surface area contributed by atoms with Gasteiger partial charge in [0.1, 0.15) is 17.3 Å². The number of rotatable bonds is 7. The van der Waals surface area contributed by atoms with Gasteiger partial charge in [-0.3, -0.25) is 9.59 Å². The molecule has 0 fully saturated rings. The summed E-state index contributed by atoms with van der Waals surface area (Å²) >= 11 is 0. The Bertz CT molecular complexity index is 809. The largest absolute Gasteiger partial charge is 0.344 e. The summed E-state index contributed by atoms with van der Waals surface area (Å²) in [6.45, 7) is 8.52. The van der Waals surface area contributed by atoms with E-state index in [1.54, 1.807) is 42.2 Å². The molecule has 0 aliphatic heterocycles. The van der Waals surface area contributed by atoms with Crippen LogP contribution < -0.4 is 10.6 Å². The molecule has 2 aromatic rings. The third-order valence-corrected chi connectivity index (χ3v) is 3.90. The number of amides is 2. The van der Waals surface area contributed by atoms with Gasteiger partial charge in [-0.05, 0) is 39.8 Å². The van der Waals surface area contributed by atoms with E-state index in [4.69, 9.17) is 0 Å². The molecule has 0 atom stereocenters. The molecule has 7 heteroatoms. The van der Waals surface area contributed by atoms with Crippen LogP contribution in [0, 0.1) is 13.8 Å². The Labute approximate surface area is 159 Å². The SMILES string of the molecule is CCN(CC)C(=O)/C(=C/Nc1cc(C)nc(C)n1)NC(=O)c1ccccc1. The summed E-state index contributed by atoms with van der Waals surface area (Å²) in [7, 11) is 0. The maximum absolute atomic E-state index is 12.8. The number of carbonyl (C=O) groups is 2. The molecule has 0 radical (unpaired) electrons. The zero-order valence-electron chi connectivity index (χ0n) is 16.1. The van der Waals surface area contributed by atoms with Gasteiger partial charge in [-0.25, -0.2) is 9.97 Å². The van der Waals surface area contributed by atoms with Crippen molar-refractivity contribution in [3.05, 3.63) is 65.4 Å². The molecular weight excluding hydrogens is 342 g/mol. The number of nitrogens with zero attached hydrogens (tertiary/aromatic N) is 3. The molecule has 0 spiro atoms. The molecule has 1 aromatic heterocycles. The lowest BCUT2D eigenvalue weighted by atomic mass is 10.2. The Balaban J connectivity index is 2.28. The van der Waals surface area contributed by atoms with E-state index in [1.165, 1.54) is 6.20 Å². The normalized spacial score (nSPS) is 11.0. The second-order valence-corrected chi connectivity index (χ2v) is 5.94. The second kappa shape index (κ2) is 9.47. The average molecular weight is 367 g/mol. The van der Waals surface area contributed by atoms with Crippen molar-refractivity contribution < 1.29 is 9.59 Å². The van der Waals surface area contributed by atoms with Crippen molar-refractivity contribution in [2.24, 2.45) is 0 Å². The van der Waals surface area contributed by atoms with Gasteiger partial charge in [-0.2, -0.15) is 0 Å². The van der Waals surface area contributed by atoms with Crippen molar-refractivity contribution in [3.63, 3.8) is 0 Å². The summed E-state index contributed by atoms with van der Waals surface area (Å²) < 4.78 is 0. The molecule has 2 N–H and O–H groups in total. The molecule has 142 valence electrons. The molecule has 2 amide bonds. The van der Waals surface area contributed by atoms with Crippen LogP contribution in [0.25, 0.3) is 0 Å². The van der Waals surface area contributed by atoms with Gasteiger partial charge < -0.3 is 15.5 Å². The lowest BCUT2D eigenvalue weighted by Gasteiger charge is -2.21. The van der Waals surface area contributed by atoms with E-state index in [-0.39, 0.29) is 17.5 Å². The van der Waals surface area contributed by atoms with Gasteiger partial charge in [0, 0.05) is 36.6 Å². The lowest BCUT2D eigenvalue weighted by molar-refractivity contribution is -0.127. The van der Waals surface area contributed by atoms with Gasteiger partial charge in [0.2, 0.25) is 0 Å². The number of nitrogens with one attached hydrogen (secondary N) is 2. The Morgan fingerprint density at radius 2 is 1.74 bits per heavy atom. The standard InChI is InChI=1S/C20H25N5O2/c1-5-25(6-2)20(27)17(24-19(26)16-10-8-7-9-11-16)13-21-18-12-14(3)22-15(4)23-18/h7-13H,5-6H2,1-4H3,(H,24,26)(H,21,22,23)/b17-13-. The molecule has 1 heterocycles. The summed E-state index contributed by atoms with van der Waals surface area (Å²) in [5.74, 6) is 0.563. The number of benzene rings is 1. The third-order valence-electron chi connectivity index (χ3n) is 3.90. The summed E-state index contributed by atoms with van der Waals surface area (Å²) in [4.78, 5) is 35.4. The highest BCUT2D eigenvalue weighted by molar-refractivity contribution is 6.02. The fourth-order valence-electron chi connectivity index (χ4n) is 2.55. The van der Waals surface area contributed by atoms with Gasteiger partial charge in [0.25, 0.3) is 11.8 Å². The predicted octanol–water partition coefficient (Wildman–Crippen LogP) is 2.65. The zero-order valence-corrected chi connectivity index (χ0v) is 16.1. The first-order chi connectivity index (χ1) is 12.9. The summed E-state index contributed by atoms with van der Waals surface area (Å²) in [6.07, 6.45) is 1.47. The molecule has 0 saturated carbocycles.